The fourth-order valence-corrected chi connectivity index (χ4v) is 1.25. The highest BCUT2D eigenvalue weighted by molar-refractivity contribution is 5.77. The molecule has 3 N–H and O–H groups in total. The van der Waals surface area contributed by atoms with E-state index in [4.69, 9.17) is 5.73 Å². The molecule has 4 nitrogen and oxygen atoms in total. The van der Waals surface area contributed by atoms with E-state index in [2.05, 4.69) is 43.0 Å². The van der Waals surface area contributed by atoms with Gasteiger partial charge in [0.15, 0.2) is 5.96 Å². The Labute approximate surface area is 100 Å². The van der Waals surface area contributed by atoms with E-state index in [1.807, 2.05) is 0 Å². The van der Waals surface area contributed by atoms with Gasteiger partial charge in [-0.05, 0) is 46.7 Å². The van der Waals surface area contributed by atoms with Gasteiger partial charge in [0, 0.05) is 19.1 Å². The SMILES string of the molecule is CCCN=C(N)NCCCCN(C)C(C)C. The lowest BCUT2D eigenvalue weighted by atomic mass is 10.2. The first-order valence-corrected chi connectivity index (χ1v) is 6.32. The minimum absolute atomic E-state index is 0.582. The van der Waals surface area contributed by atoms with Gasteiger partial charge in [-0.3, -0.25) is 4.99 Å². The van der Waals surface area contributed by atoms with Crippen molar-refractivity contribution >= 4 is 5.96 Å². The van der Waals surface area contributed by atoms with E-state index in [0.717, 1.165) is 32.5 Å². The lowest BCUT2D eigenvalue weighted by molar-refractivity contribution is 0.268. The highest BCUT2D eigenvalue weighted by Crippen LogP contribution is 1.97. The number of hydrogen-bond donors (Lipinski definition) is 2. The van der Waals surface area contributed by atoms with Crippen LogP contribution in [-0.2, 0) is 0 Å². The molecule has 0 unspecified atom stereocenters. The summed E-state index contributed by atoms with van der Waals surface area (Å²) < 4.78 is 0. The van der Waals surface area contributed by atoms with Crippen LogP contribution in [0.2, 0.25) is 0 Å². The maximum absolute atomic E-state index is 5.68. The first kappa shape index (κ1) is 15.2. The third kappa shape index (κ3) is 8.53. The van der Waals surface area contributed by atoms with Gasteiger partial charge in [0.1, 0.15) is 0 Å². The molecular weight excluding hydrogens is 200 g/mol. The second kappa shape index (κ2) is 9.46. The Hall–Kier alpha value is -0.770. The normalized spacial score (nSPS) is 12.5. The van der Waals surface area contributed by atoms with Gasteiger partial charge in [0.2, 0.25) is 0 Å². The number of hydrogen-bond acceptors (Lipinski definition) is 2. The van der Waals surface area contributed by atoms with E-state index in [-0.39, 0.29) is 0 Å². The predicted molar refractivity (Wildman–Crippen MR) is 71.8 cm³/mol. The van der Waals surface area contributed by atoms with E-state index in [9.17, 15) is 0 Å². The average Bonchev–Trinajstić information content (AvgIpc) is 2.25. The summed E-state index contributed by atoms with van der Waals surface area (Å²) in [4.78, 5) is 6.53. The molecule has 16 heavy (non-hydrogen) atoms. The molecule has 0 atom stereocenters. The van der Waals surface area contributed by atoms with Gasteiger partial charge in [-0.15, -0.1) is 0 Å². The average molecular weight is 228 g/mol. The molecule has 0 spiro atoms. The van der Waals surface area contributed by atoms with Gasteiger partial charge >= 0.3 is 0 Å². The number of nitrogens with two attached hydrogens (primary N) is 1. The van der Waals surface area contributed by atoms with Crippen molar-refractivity contribution in [3.8, 4) is 0 Å². The summed E-state index contributed by atoms with van der Waals surface area (Å²) in [6.07, 6.45) is 3.38. The van der Waals surface area contributed by atoms with Gasteiger partial charge in [-0.2, -0.15) is 0 Å². The maximum atomic E-state index is 5.68. The molecule has 0 fully saturated rings. The quantitative estimate of drug-likeness (QED) is 0.375. The molecule has 4 heteroatoms. The zero-order chi connectivity index (χ0) is 12.4. The third-order valence-corrected chi connectivity index (χ3v) is 2.63. The zero-order valence-corrected chi connectivity index (χ0v) is 11.3. The number of aliphatic imine (C=N–C) groups is 1. The molecule has 0 aliphatic carbocycles. The summed E-state index contributed by atoms with van der Waals surface area (Å²) in [7, 11) is 2.16. The minimum Gasteiger partial charge on any atom is -0.370 e. The molecule has 0 aliphatic heterocycles. The van der Waals surface area contributed by atoms with Crippen molar-refractivity contribution in [2.75, 3.05) is 26.7 Å². The molecule has 0 aliphatic rings. The molecule has 0 aromatic carbocycles. The Morgan fingerprint density at radius 2 is 2.06 bits per heavy atom. The summed E-state index contributed by atoms with van der Waals surface area (Å²) in [6, 6.07) is 0.629. The summed E-state index contributed by atoms with van der Waals surface area (Å²) in [6.45, 7) is 9.41. The van der Waals surface area contributed by atoms with Gasteiger partial charge in [-0.25, -0.2) is 0 Å². The second-order valence-electron chi connectivity index (χ2n) is 4.48. The van der Waals surface area contributed by atoms with Crippen LogP contribution >= 0.6 is 0 Å². The summed E-state index contributed by atoms with van der Waals surface area (Å²) in [5, 5.41) is 3.13. The molecule has 96 valence electrons. The summed E-state index contributed by atoms with van der Waals surface area (Å²) in [5.41, 5.74) is 5.68. The first-order chi connectivity index (χ1) is 7.57. The Kier molecular flexibility index (Phi) is 9.00. The van der Waals surface area contributed by atoms with E-state index < -0.39 is 0 Å². The molecule has 0 aromatic heterocycles. The first-order valence-electron chi connectivity index (χ1n) is 6.32. The zero-order valence-electron chi connectivity index (χ0n) is 11.3. The van der Waals surface area contributed by atoms with Crippen molar-refractivity contribution in [2.24, 2.45) is 10.7 Å². The van der Waals surface area contributed by atoms with Gasteiger partial charge in [-0.1, -0.05) is 6.92 Å². The fraction of sp³-hybridized carbons (Fsp3) is 0.917. The molecule has 0 saturated carbocycles. The van der Waals surface area contributed by atoms with Crippen LogP contribution in [0.25, 0.3) is 0 Å². The monoisotopic (exact) mass is 228 g/mol. The van der Waals surface area contributed by atoms with Crippen LogP contribution in [0.5, 0.6) is 0 Å². The van der Waals surface area contributed by atoms with Crippen LogP contribution in [0, 0.1) is 0 Å². The Morgan fingerprint density at radius 1 is 1.38 bits per heavy atom. The van der Waals surface area contributed by atoms with Crippen LogP contribution in [0.3, 0.4) is 0 Å². The standard InChI is InChI=1S/C12H28N4/c1-5-8-14-12(13)15-9-6-7-10-16(4)11(2)3/h11H,5-10H2,1-4H3,(H3,13,14,15). The molecule has 0 amide bonds. The molecular formula is C12H28N4. The van der Waals surface area contributed by atoms with Crippen LogP contribution in [0.15, 0.2) is 4.99 Å². The van der Waals surface area contributed by atoms with Crippen molar-refractivity contribution in [1.82, 2.24) is 10.2 Å². The third-order valence-electron chi connectivity index (χ3n) is 2.63. The summed E-state index contributed by atoms with van der Waals surface area (Å²) >= 11 is 0. The van der Waals surface area contributed by atoms with Gasteiger partial charge < -0.3 is 16.0 Å². The molecule has 0 radical (unpaired) electrons. The van der Waals surface area contributed by atoms with Crippen molar-refractivity contribution in [3.05, 3.63) is 0 Å². The number of rotatable bonds is 8. The van der Waals surface area contributed by atoms with E-state index in [1.165, 1.54) is 6.42 Å². The van der Waals surface area contributed by atoms with Crippen LogP contribution in [0.1, 0.15) is 40.0 Å². The van der Waals surface area contributed by atoms with Crippen molar-refractivity contribution < 1.29 is 0 Å². The smallest absolute Gasteiger partial charge is 0.188 e. The van der Waals surface area contributed by atoms with E-state index in [1.54, 1.807) is 0 Å². The molecule has 0 aromatic rings. The van der Waals surface area contributed by atoms with Crippen molar-refractivity contribution in [2.45, 2.75) is 46.1 Å². The fourth-order valence-electron chi connectivity index (χ4n) is 1.25. The number of nitrogens with one attached hydrogen (secondary N) is 1. The Morgan fingerprint density at radius 3 is 2.62 bits per heavy atom. The highest BCUT2D eigenvalue weighted by Gasteiger charge is 2.01. The lowest BCUT2D eigenvalue weighted by Gasteiger charge is -2.20. The number of unbranched alkanes of at least 4 members (excludes halogenated alkanes) is 1. The van der Waals surface area contributed by atoms with Crippen molar-refractivity contribution in [3.63, 3.8) is 0 Å². The van der Waals surface area contributed by atoms with E-state index in [0.29, 0.717) is 12.0 Å². The Bertz CT molecular complexity index is 189. The Balaban J connectivity index is 3.40. The molecule has 0 rings (SSSR count). The lowest BCUT2D eigenvalue weighted by Crippen LogP contribution is -2.33. The molecule has 0 saturated heterocycles. The van der Waals surface area contributed by atoms with Crippen LogP contribution < -0.4 is 11.1 Å². The maximum Gasteiger partial charge on any atom is 0.188 e. The van der Waals surface area contributed by atoms with Crippen LogP contribution in [0.4, 0.5) is 0 Å². The van der Waals surface area contributed by atoms with E-state index >= 15 is 0 Å². The topological polar surface area (TPSA) is 53.6 Å². The summed E-state index contributed by atoms with van der Waals surface area (Å²) in [5.74, 6) is 0.582. The predicted octanol–water partition coefficient (Wildman–Crippen LogP) is 1.42. The molecule has 0 heterocycles. The second-order valence-corrected chi connectivity index (χ2v) is 4.48. The largest absolute Gasteiger partial charge is 0.370 e. The van der Waals surface area contributed by atoms with Gasteiger partial charge in [0.05, 0.1) is 0 Å². The van der Waals surface area contributed by atoms with Gasteiger partial charge in [0.25, 0.3) is 0 Å². The number of guanidine groups is 1. The number of nitrogens with zero attached hydrogens (tertiary/aromatic N) is 2. The van der Waals surface area contributed by atoms with Crippen molar-refractivity contribution in [1.29, 1.82) is 0 Å². The highest BCUT2D eigenvalue weighted by atomic mass is 15.1. The van der Waals surface area contributed by atoms with Crippen LogP contribution in [-0.4, -0.2) is 43.6 Å². The molecule has 0 bridgehead atoms. The minimum atomic E-state index is 0.582.